The average molecular weight is 223 g/mol. The molecule has 1 rings (SSSR count). The number of halogens is 1. The Kier molecular flexibility index (Phi) is 4.96. The standard InChI is InChI=1S/C7H10N2O4.ClH/c10-6(11)4-5(7(12)13)9-3-1-2-8-9;/h1-2,5,8H,3-4H2,(H,10,11)(H,12,13);1H. The van der Waals surface area contributed by atoms with Crippen LogP contribution in [0.15, 0.2) is 12.3 Å². The van der Waals surface area contributed by atoms with Gasteiger partial charge in [-0.15, -0.1) is 0 Å². The molecule has 4 N–H and O–H groups in total. The summed E-state index contributed by atoms with van der Waals surface area (Å²) >= 11 is 0. The zero-order valence-corrected chi connectivity index (χ0v) is 7.99. The molecule has 0 amide bonds. The van der Waals surface area contributed by atoms with Crippen molar-refractivity contribution < 1.29 is 37.2 Å². The second kappa shape index (κ2) is 5.46. The van der Waals surface area contributed by atoms with Crippen LogP contribution in [0.3, 0.4) is 0 Å². The Morgan fingerprint density at radius 3 is 2.50 bits per heavy atom. The number of aliphatic carboxylic acids is 2. The molecule has 1 aliphatic heterocycles. The molecule has 80 valence electrons. The van der Waals surface area contributed by atoms with Gasteiger partial charge in [0, 0.05) is 0 Å². The first-order chi connectivity index (χ1) is 6.11. The van der Waals surface area contributed by atoms with E-state index in [0.29, 0.717) is 11.6 Å². The van der Waals surface area contributed by atoms with E-state index in [4.69, 9.17) is 10.2 Å². The molecule has 0 aliphatic carbocycles. The summed E-state index contributed by atoms with van der Waals surface area (Å²) in [7, 11) is 0. The van der Waals surface area contributed by atoms with Gasteiger partial charge in [0.05, 0.1) is 6.20 Å². The van der Waals surface area contributed by atoms with Gasteiger partial charge < -0.3 is 22.6 Å². The Morgan fingerprint density at radius 1 is 1.50 bits per heavy atom. The topological polar surface area (TPSA) is 91.1 Å². The normalized spacial score (nSPS) is 20.7. The van der Waals surface area contributed by atoms with Crippen molar-refractivity contribution in [1.82, 2.24) is 5.43 Å². The fourth-order valence-corrected chi connectivity index (χ4v) is 1.19. The fraction of sp³-hybridized carbons (Fsp3) is 0.429. The predicted molar refractivity (Wildman–Crippen MR) is 41.8 cm³/mol. The smallest absolute Gasteiger partial charge is 0.365 e. The van der Waals surface area contributed by atoms with Gasteiger partial charge in [-0.2, -0.15) is 0 Å². The van der Waals surface area contributed by atoms with E-state index in [2.05, 4.69) is 5.43 Å². The van der Waals surface area contributed by atoms with Crippen molar-refractivity contribution in [3.8, 4) is 0 Å². The van der Waals surface area contributed by atoms with Crippen molar-refractivity contribution in [3.63, 3.8) is 0 Å². The summed E-state index contributed by atoms with van der Waals surface area (Å²) in [4.78, 5) is 21.0. The van der Waals surface area contributed by atoms with Gasteiger partial charge in [0.2, 0.25) is 6.04 Å². The largest absolute Gasteiger partial charge is 1.00 e. The predicted octanol–water partition coefficient (Wildman–Crippen LogP) is -5.16. The van der Waals surface area contributed by atoms with E-state index in [1.165, 1.54) is 0 Å². The highest BCUT2D eigenvalue weighted by atomic mass is 35.5. The Hall–Kier alpha value is -1.27. The summed E-state index contributed by atoms with van der Waals surface area (Å²) < 4.78 is 0. The molecule has 0 aromatic rings. The van der Waals surface area contributed by atoms with Gasteiger partial charge >= 0.3 is 11.9 Å². The van der Waals surface area contributed by atoms with E-state index in [1.54, 1.807) is 12.3 Å². The molecule has 2 atom stereocenters. The molecule has 0 aromatic carbocycles. The zero-order chi connectivity index (χ0) is 9.84. The number of carboxylic acid groups (broad SMARTS) is 2. The van der Waals surface area contributed by atoms with Crippen molar-refractivity contribution in [2.24, 2.45) is 0 Å². The number of rotatable bonds is 4. The Morgan fingerprint density at radius 2 is 2.14 bits per heavy atom. The molecule has 1 heterocycles. The quantitative estimate of drug-likeness (QED) is 0.382. The summed E-state index contributed by atoms with van der Waals surface area (Å²) in [5.74, 6) is -2.21. The van der Waals surface area contributed by atoms with E-state index in [9.17, 15) is 9.59 Å². The molecular weight excluding hydrogens is 212 g/mol. The number of nitrogens with one attached hydrogen (secondary N) is 2. The lowest BCUT2D eigenvalue weighted by Crippen LogP contribution is -3.20. The minimum Gasteiger partial charge on any atom is -1.00 e. The van der Waals surface area contributed by atoms with Crippen LogP contribution in [0.2, 0.25) is 0 Å². The number of carboxylic acids is 2. The first-order valence-electron chi connectivity index (χ1n) is 3.83. The van der Waals surface area contributed by atoms with E-state index < -0.39 is 18.0 Å². The van der Waals surface area contributed by atoms with Crippen molar-refractivity contribution in [1.29, 1.82) is 0 Å². The number of carbonyl (C=O) groups is 2. The van der Waals surface area contributed by atoms with Crippen molar-refractivity contribution in [2.45, 2.75) is 12.5 Å². The summed E-state index contributed by atoms with van der Waals surface area (Å²) in [5.41, 5.74) is 2.74. The lowest BCUT2D eigenvalue weighted by atomic mass is 10.2. The maximum Gasteiger partial charge on any atom is 0.365 e. The molecule has 0 radical (unpaired) electrons. The molecule has 0 saturated carbocycles. The highest BCUT2D eigenvalue weighted by Crippen LogP contribution is 1.88. The second-order valence-corrected chi connectivity index (χ2v) is 2.76. The molecule has 0 fully saturated rings. The first kappa shape index (κ1) is 12.7. The lowest BCUT2D eigenvalue weighted by molar-refractivity contribution is -0.943. The molecule has 1 aliphatic rings. The molecule has 7 heteroatoms. The van der Waals surface area contributed by atoms with Crippen LogP contribution < -0.4 is 22.8 Å². The van der Waals surface area contributed by atoms with Gasteiger partial charge in [-0.1, -0.05) is 0 Å². The maximum atomic E-state index is 10.7. The van der Waals surface area contributed by atoms with Crippen LogP contribution in [0.25, 0.3) is 0 Å². The van der Waals surface area contributed by atoms with Crippen LogP contribution in [0.5, 0.6) is 0 Å². The molecule has 14 heavy (non-hydrogen) atoms. The first-order valence-corrected chi connectivity index (χ1v) is 3.83. The minimum atomic E-state index is -1.10. The summed E-state index contributed by atoms with van der Waals surface area (Å²) in [6.45, 7) is 0.490. The van der Waals surface area contributed by atoms with E-state index in [-0.39, 0.29) is 18.8 Å². The number of quaternary nitrogens is 1. The molecule has 0 spiro atoms. The van der Waals surface area contributed by atoms with E-state index >= 15 is 0 Å². The number of hydrogen-bond acceptors (Lipinski definition) is 3. The van der Waals surface area contributed by atoms with Crippen LogP contribution in [-0.4, -0.2) is 34.7 Å². The Bertz CT molecular complexity index is 248. The molecule has 2 unspecified atom stereocenters. The zero-order valence-electron chi connectivity index (χ0n) is 7.24. The lowest BCUT2D eigenvalue weighted by Gasteiger charge is -2.18. The van der Waals surface area contributed by atoms with Crippen LogP contribution in [-0.2, 0) is 9.59 Å². The van der Waals surface area contributed by atoms with Crippen LogP contribution in [0.4, 0.5) is 0 Å². The molecule has 0 bridgehead atoms. The summed E-state index contributed by atoms with van der Waals surface area (Å²) in [5, 5.41) is 17.7. The average Bonchev–Trinajstić information content (AvgIpc) is 2.50. The fourth-order valence-electron chi connectivity index (χ4n) is 1.19. The highest BCUT2D eigenvalue weighted by Gasteiger charge is 2.32. The second-order valence-electron chi connectivity index (χ2n) is 2.76. The highest BCUT2D eigenvalue weighted by molar-refractivity contribution is 5.79. The van der Waals surface area contributed by atoms with Gasteiger partial charge in [0.25, 0.3) is 0 Å². The summed E-state index contributed by atoms with van der Waals surface area (Å²) in [6, 6.07) is -0.938. The van der Waals surface area contributed by atoms with E-state index in [1.807, 2.05) is 0 Å². The van der Waals surface area contributed by atoms with Gasteiger partial charge in [-0.3, -0.25) is 4.79 Å². The van der Waals surface area contributed by atoms with Gasteiger partial charge in [0.15, 0.2) is 0 Å². The third-order valence-corrected chi connectivity index (χ3v) is 1.82. The monoisotopic (exact) mass is 222 g/mol. The molecule has 6 nitrogen and oxygen atoms in total. The number of hydrogen-bond donors (Lipinski definition) is 4. The van der Waals surface area contributed by atoms with Gasteiger partial charge in [-0.25, -0.2) is 15.2 Å². The van der Waals surface area contributed by atoms with Crippen LogP contribution >= 0.6 is 0 Å². The third-order valence-electron chi connectivity index (χ3n) is 1.82. The molecule has 0 aromatic heterocycles. The Balaban J connectivity index is 0.00000169. The maximum absolute atomic E-state index is 10.7. The Labute approximate surface area is 86.6 Å². The van der Waals surface area contributed by atoms with Gasteiger partial charge in [0.1, 0.15) is 13.0 Å². The van der Waals surface area contributed by atoms with Crippen LogP contribution in [0.1, 0.15) is 6.42 Å². The van der Waals surface area contributed by atoms with Crippen LogP contribution in [0, 0.1) is 0 Å². The van der Waals surface area contributed by atoms with Crippen molar-refractivity contribution >= 4 is 11.9 Å². The van der Waals surface area contributed by atoms with Crippen molar-refractivity contribution in [2.75, 3.05) is 6.54 Å². The third kappa shape index (κ3) is 3.23. The summed E-state index contributed by atoms with van der Waals surface area (Å²) in [6.07, 6.45) is 3.00. The van der Waals surface area contributed by atoms with Crippen molar-refractivity contribution in [3.05, 3.63) is 12.3 Å². The molecule has 0 saturated heterocycles. The minimum absolute atomic E-state index is 0. The SMILES string of the molecule is O=C(O)CC(C(=O)O)[NH+]1CC=CN1.[Cl-]. The van der Waals surface area contributed by atoms with E-state index in [0.717, 1.165) is 0 Å². The van der Waals surface area contributed by atoms with Gasteiger partial charge in [-0.05, 0) is 6.08 Å². The molecular formula is C7H11ClN2O4.